The van der Waals surface area contributed by atoms with Crippen molar-refractivity contribution >= 4 is 44.6 Å². The first-order chi connectivity index (χ1) is 10.9. The molecule has 2 aromatic rings. The van der Waals surface area contributed by atoms with Gasteiger partial charge in [0.05, 0.1) is 10.6 Å². The number of nitrogens with one attached hydrogen (secondary N) is 1. The van der Waals surface area contributed by atoms with Crippen LogP contribution in [0.2, 0.25) is 5.02 Å². The van der Waals surface area contributed by atoms with Crippen LogP contribution in [0.25, 0.3) is 0 Å². The van der Waals surface area contributed by atoms with E-state index < -0.39 is 10.0 Å². The minimum absolute atomic E-state index is 0.105. The summed E-state index contributed by atoms with van der Waals surface area (Å²) in [6.45, 7) is 3.84. The van der Waals surface area contributed by atoms with E-state index in [1.807, 2.05) is 0 Å². The first-order valence-corrected chi connectivity index (χ1v) is 9.28. The molecule has 1 aromatic carbocycles. The summed E-state index contributed by atoms with van der Waals surface area (Å²) in [4.78, 5) is 12.5. The zero-order valence-corrected chi connectivity index (χ0v) is 14.7. The van der Waals surface area contributed by atoms with E-state index in [4.69, 9.17) is 11.6 Å². The van der Waals surface area contributed by atoms with Crippen molar-refractivity contribution in [3.8, 4) is 0 Å². The molecule has 0 bridgehead atoms. The fraction of sp³-hybridized carbons (Fsp3) is 0.133. The molecule has 0 radical (unpaired) electrons. The van der Waals surface area contributed by atoms with Crippen LogP contribution in [-0.2, 0) is 10.0 Å². The van der Waals surface area contributed by atoms with Crippen molar-refractivity contribution in [1.29, 1.82) is 0 Å². The summed E-state index contributed by atoms with van der Waals surface area (Å²) in [7, 11) is -2.36. The number of carbonyl (C=O) groups is 1. The number of rotatable bonds is 6. The minimum atomic E-state index is -3.77. The normalized spacial score (nSPS) is 11.0. The zero-order chi connectivity index (χ0) is 17.0. The lowest BCUT2D eigenvalue weighted by Gasteiger charge is -2.19. The average Bonchev–Trinajstić information content (AvgIpc) is 3.01. The van der Waals surface area contributed by atoms with Crippen LogP contribution in [0.15, 0.2) is 53.3 Å². The Labute approximate surface area is 144 Å². The van der Waals surface area contributed by atoms with Crippen LogP contribution < -0.4 is 9.62 Å². The molecule has 2 rings (SSSR count). The molecule has 0 saturated heterocycles. The molecule has 0 fully saturated rings. The van der Waals surface area contributed by atoms with Gasteiger partial charge in [-0.05, 0) is 35.7 Å². The fourth-order valence-electron chi connectivity index (χ4n) is 1.86. The van der Waals surface area contributed by atoms with Crippen LogP contribution in [-0.4, -0.2) is 27.9 Å². The van der Waals surface area contributed by atoms with E-state index in [9.17, 15) is 13.2 Å². The highest BCUT2D eigenvalue weighted by Gasteiger charge is 2.26. The van der Waals surface area contributed by atoms with Gasteiger partial charge in [-0.1, -0.05) is 17.7 Å². The van der Waals surface area contributed by atoms with E-state index >= 15 is 0 Å². The molecule has 1 N–H and O–H groups in total. The Balaban J connectivity index is 2.35. The second kappa shape index (κ2) is 7.16. The third kappa shape index (κ3) is 3.74. The Morgan fingerprint density at radius 3 is 2.61 bits per heavy atom. The SMILES string of the molecule is C=CCNC(=O)c1sccc1N(C)S(=O)(=O)c1ccc(Cl)cc1. The van der Waals surface area contributed by atoms with Crippen LogP contribution in [0.4, 0.5) is 5.69 Å². The minimum Gasteiger partial charge on any atom is -0.348 e. The smallest absolute Gasteiger partial charge is 0.264 e. The third-order valence-electron chi connectivity index (χ3n) is 3.07. The third-order valence-corrected chi connectivity index (χ3v) is 6.01. The Morgan fingerprint density at radius 1 is 1.35 bits per heavy atom. The molecule has 23 heavy (non-hydrogen) atoms. The molecule has 0 saturated carbocycles. The number of amides is 1. The van der Waals surface area contributed by atoms with Gasteiger partial charge < -0.3 is 5.32 Å². The molecule has 1 heterocycles. The zero-order valence-electron chi connectivity index (χ0n) is 12.3. The summed E-state index contributed by atoms with van der Waals surface area (Å²) >= 11 is 6.97. The van der Waals surface area contributed by atoms with Gasteiger partial charge in [0.15, 0.2) is 0 Å². The van der Waals surface area contributed by atoms with Crippen molar-refractivity contribution in [2.45, 2.75) is 4.90 Å². The summed E-state index contributed by atoms with van der Waals surface area (Å²) in [5.74, 6) is -0.340. The highest BCUT2D eigenvalue weighted by Crippen LogP contribution is 2.30. The first kappa shape index (κ1) is 17.5. The molecule has 0 atom stereocenters. The summed E-state index contributed by atoms with van der Waals surface area (Å²) in [6, 6.07) is 7.47. The summed E-state index contributed by atoms with van der Waals surface area (Å²) in [6.07, 6.45) is 1.55. The summed E-state index contributed by atoms with van der Waals surface area (Å²) in [5.41, 5.74) is 0.325. The van der Waals surface area contributed by atoms with Crippen molar-refractivity contribution in [2.75, 3.05) is 17.9 Å². The molecule has 0 aliphatic carbocycles. The average molecular weight is 371 g/mol. The summed E-state index contributed by atoms with van der Waals surface area (Å²) in [5, 5.41) is 4.77. The lowest BCUT2D eigenvalue weighted by Crippen LogP contribution is -2.29. The monoisotopic (exact) mass is 370 g/mol. The number of hydrogen-bond donors (Lipinski definition) is 1. The van der Waals surface area contributed by atoms with Crippen LogP contribution >= 0.6 is 22.9 Å². The van der Waals surface area contributed by atoms with Gasteiger partial charge >= 0.3 is 0 Å². The molecule has 0 unspecified atom stereocenters. The number of hydrogen-bond acceptors (Lipinski definition) is 4. The molecule has 8 heteroatoms. The van der Waals surface area contributed by atoms with Gasteiger partial charge in [0.1, 0.15) is 4.88 Å². The second-order valence-corrected chi connectivity index (χ2v) is 7.88. The van der Waals surface area contributed by atoms with E-state index in [0.29, 0.717) is 22.1 Å². The van der Waals surface area contributed by atoms with Gasteiger partial charge in [0.25, 0.3) is 15.9 Å². The maximum Gasteiger partial charge on any atom is 0.264 e. The number of anilines is 1. The molecule has 0 spiro atoms. The predicted octanol–water partition coefficient (Wildman–Crippen LogP) is 3.14. The molecular weight excluding hydrogens is 356 g/mol. The maximum absolute atomic E-state index is 12.7. The topological polar surface area (TPSA) is 66.5 Å². The maximum atomic E-state index is 12.7. The van der Waals surface area contributed by atoms with Gasteiger partial charge in [-0.25, -0.2) is 8.42 Å². The standard InChI is InChI=1S/C15H15ClN2O3S2/c1-3-9-17-15(19)14-13(8-10-22-14)18(2)23(20,21)12-6-4-11(16)5-7-12/h3-8,10H,1,9H2,2H3,(H,17,19). The van der Waals surface area contributed by atoms with Crippen molar-refractivity contribution in [2.24, 2.45) is 0 Å². The van der Waals surface area contributed by atoms with Gasteiger partial charge in [0.2, 0.25) is 0 Å². The number of benzene rings is 1. The molecule has 5 nitrogen and oxygen atoms in total. The predicted molar refractivity (Wildman–Crippen MR) is 93.9 cm³/mol. The number of thiophene rings is 1. The second-order valence-electron chi connectivity index (χ2n) is 4.56. The molecule has 1 aromatic heterocycles. The van der Waals surface area contributed by atoms with Gasteiger partial charge in [0, 0.05) is 18.6 Å². The van der Waals surface area contributed by atoms with E-state index in [1.165, 1.54) is 42.6 Å². The van der Waals surface area contributed by atoms with E-state index in [1.54, 1.807) is 17.5 Å². The Morgan fingerprint density at radius 2 is 2.00 bits per heavy atom. The molecular formula is C15H15ClN2O3S2. The lowest BCUT2D eigenvalue weighted by atomic mass is 10.3. The number of halogens is 1. The van der Waals surface area contributed by atoms with Crippen molar-refractivity contribution < 1.29 is 13.2 Å². The highest BCUT2D eigenvalue weighted by molar-refractivity contribution is 7.92. The Kier molecular flexibility index (Phi) is 5.46. The van der Waals surface area contributed by atoms with E-state index in [0.717, 1.165) is 4.31 Å². The van der Waals surface area contributed by atoms with Crippen LogP contribution in [0.1, 0.15) is 9.67 Å². The van der Waals surface area contributed by atoms with Crippen LogP contribution in [0.5, 0.6) is 0 Å². The van der Waals surface area contributed by atoms with E-state index in [-0.39, 0.29) is 10.8 Å². The molecule has 1 amide bonds. The molecule has 0 aliphatic heterocycles. The number of nitrogens with zero attached hydrogens (tertiary/aromatic N) is 1. The Hall–Kier alpha value is -1.83. The fourth-order valence-corrected chi connectivity index (χ4v) is 4.09. The van der Waals surface area contributed by atoms with Crippen molar-refractivity contribution in [3.63, 3.8) is 0 Å². The molecule has 0 aliphatic rings. The Bertz CT molecular complexity index is 814. The number of sulfonamides is 1. The number of carbonyl (C=O) groups excluding carboxylic acids is 1. The quantitative estimate of drug-likeness (QED) is 0.794. The van der Waals surface area contributed by atoms with Gasteiger partial charge in [-0.2, -0.15) is 0 Å². The van der Waals surface area contributed by atoms with Crippen molar-refractivity contribution in [3.05, 3.63) is 58.3 Å². The van der Waals surface area contributed by atoms with Crippen LogP contribution in [0.3, 0.4) is 0 Å². The summed E-state index contributed by atoms with van der Waals surface area (Å²) < 4.78 is 26.4. The van der Waals surface area contributed by atoms with Crippen molar-refractivity contribution in [1.82, 2.24) is 5.32 Å². The van der Waals surface area contributed by atoms with Gasteiger partial charge in [-0.3, -0.25) is 9.10 Å². The first-order valence-electron chi connectivity index (χ1n) is 6.59. The largest absolute Gasteiger partial charge is 0.348 e. The van der Waals surface area contributed by atoms with E-state index in [2.05, 4.69) is 11.9 Å². The molecule has 122 valence electrons. The van der Waals surface area contributed by atoms with Crippen LogP contribution in [0, 0.1) is 0 Å². The lowest BCUT2D eigenvalue weighted by molar-refractivity contribution is 0.0962. The van der Waals surface area contributed by atoms with Gasteiger partial charge in [-0.15, -0.1) is 17.9 Å². The highest BCUT2D eigenvalue weighted by atomic mass is 35.5.